The molecular formula is C9H7ClFN. The van der Waals surface area contributed by atoms with Crippen molar-refractivity contribution in [2.75, 3.05) is 0 Å². The third-order valence-corrected chi connectivity index (χ3v) is 2.00. The summed E-state index contributed by atoms with van der Waals surface area (Å²) in [5, 5.41) is 8.75. The van der Waals surface area contributed by atoms with Crippen molar-refractivity contribution in [2.24, 2.45) is 0 Å². The average Bonchev–Trinajstić information content (AvgIpc) is 2.01. The molecule has 1 rings (SSSR count). The Morgan fingerprint density at radius 1 is 1.58 bits per heavy atom. The summed E-state index contributed by atoms with van der Waals surface area (Å²) in [7, 11) is 0. The summed E-state index contributed by atoms with van der Waals surface area (Å²) < 4.78 is 13.0. The number of hydrogen-bond donors (Lipinski definition) is 0. The lowest BCUT2D eigenvalue weighted by molar-refractivity contribution is 0.615. The standard InChI is InChI=1S/C9H7ClFN/c1-6-4-7(2-3-12)9(11)5-8(6)10/h4-5H,2H2,1H3. The van der Waals surface area contributed by atoms with E-state index < -0.39 is 5.82 Å². The summed E-state index contributed by atoms with van der Waals surface area (Å²) in [6.45, 7) is 1.78. The van der Waals surface area contributed by atoms with Crippen molar-refractivity contribution in [1.29, 1.82) is 5.26 Å². The zero-order valence-corrected chi connectivity index (χ0v) is 7.32. The van der Waals surface area contributed by atoms with Crippen molar-refractivity contribution < 1.29 is 4.39 Å². The third-order valence-electron chi connectivity index (χ3n) is 1.60. The van der Waals surface area contributed by atoms with E-state index >= 15 is 0 Å². The van der Waals surface area contributed by atoms with Crippen LogP contribution in [0.1, 0.15) is 11.1 Å². The summed E-state index contributed by atoms with van der Waals surface area (Å²) in [5.41, 5.74) is 1.20. The van der Waals surface area contributed by atoms with Gasteiger partial charge in [0, 0.05) is 10.6 Å². The molecule has 0 bridgehead atoms. The topological polar surface area (TPSA) is 23.8 Å². The Bertz CT molecular complexity index is 341. The van der Waals surface area contributed by atoms with E-state index in [-0.39, 0.29) is 6.42 Å². The Labute approximate surface area is 75.4 Å². The van der Waals surface area contributed by atoms with Crippen molar-refractivity contribution in [3.05, 3.63) is 34.1 Å². The zero-order chi connectivity index (χ0) is 9.14. The van der Waals surface area contributed by atoms with Crippen LogP contribution < -0.4 is 0 Å². The van der Waals surface area contributed by atoms with Crippen LogP contribution in [0.25, 0.3) is 0 Å². The highest BCUT2D eigenvalue weighted by atomic mass is 35.5. The van der Waals surface area contributed by atoms with Crippen molar-refractivity contribution in [3.63, 3.8) is 0 Å². The van der Waals surface area contributed by atoms with Gasteiger partial charge < -0.3 is 0 Å². The molecule has 0 unspecified atom stereocenters. The quantitative estimate of drug-likeness (QED) is 0.657. The van der Waals surface area contributed by atoms with Gasteiger partial charge in [-0.3, -0.25) is 0 Å². The molecule has 62 valence electrons. The maximum absolute atomic E-state index is 13.0. The maximum Gasteiger partial charge on any atom is 0.128 e. The Kier molecular flexibility index (Phi) is 2.67. The second-order valence-corrected chi connectivity index (χ2v) is 2.93. The van der Waals surface area contributed by atoms with Crippen LogP contribution in [0.4, 0.5) is 4.39 Å². The molecule has 0 aromatic heterocycles. The molecule has 0 saturated heterocycles. The lowest BCUT2D eigenvalue weighted by Gasteiger charge is -2.01. The molecule has 0 aliphatic carbocycles. The van der Waals surface area contributed by atoms with Gasteiger partial charge in [-0.1, -0.05) is 17.7 Å². The lowest BCUT2D eigenvalue weighted by Crippen LogP contribution is -1.90. The van der Waals surface area contributed by atoms with Crippen LogP contribution >= 0.6 is 11.6 Å². The second-order valence-electron chi connectivity index (χ2n) is 2.53. The van der Waals surface area contributed by atoms with Gasteiger partial charge in [-0.2, -0.15) is 5.26 Å². The van der Waals surface area contributed by atoms with E-state index in [0.29, 0.717) is 10.6 Å². The highest BCUT2D eigenvalue weighted by molar-refractivity contribution is 6.31. The van der Waals surface area contributed by atoms with E-state index in [2.05, 4.69) is 0 Å². The number of nitriles is 1. The SMILES string of the molecule is Cc1cc(CC#N)c(F)cc1Cl. The van der Waals surface area contributed by atoms with Crippen LogP contribution in [0.3, 0.4) is 0 Å². The van der Waals surface area contributed by atoms with Crippen molar-refractivity contribution in [2.45, 2.75) is 13.3 Å². The van der Waals surface area contributed by atoms with Crippen LogP contribution in [-0.4, -0.2) is 0 Å². The monoisotopic (exact) mass is 183 g/mol. The fraction of sp³-hybridized carbons (Fsp3) is 0.222. The number of aryl methyl sites for hydroxylation is 1. The van der Waals surface area contributed by atoms with Gasteiger partial charge in [0.1, 0.15) is 5.82 Å². The van der Waals surface area contributed by atoms with Crippen LogP contribution in [0, 0.1) is 24.1 Å². The highest BCUT2D eigenvalue weighted by Gasteiger charge is 2.04. The van der Waals surface area contributed by atoms with E-state index in [0.717, 1.165) is 5.56 Å². The van der Waals surface area contributed by atoms with Gasteiger partial charge in [0.15, 0.2) is 0 Å². The van der Waals surface area contributed by atoms with E-state index in [4.69, 9.17) is 16.9 Å². The number of rotatable bonds is 1. The predicted molar refractivity (Wildman–Crippen MR) is 45.5 cm³/mol. The molecule has 1 aromatic carbocycles. The van der Waals surface area contributed by atoms with Crippen molar-refractivity contribution in [3.8, 4) is 6.07 Å². The molecule has 0 aliphatic rings. The fourth-order valence-electron chi connectivity index (χ4n) is 0.938. The normalized spacial score (nSPS) is 9.50. The van der Waals surface area contributed by atoms with E-state index in [1.807, 2.05) is 6.07 Å². The minimum absolute atomic E-state index is 0.0871. The van der Waals surface area contributed by atoms with Gasteiger partial charge in [0.05, 0.1) is 12.5 Å². The summed E-state index contributed by atoms with van der Waals surface area (Å²) in [6, 6.07) is 4.73. The smallest absolute Gasteiger partial charge is 0.128 e. The van der Waals surface area contributed by atoms with Crippen LogP contribution in [0.15, 0.2) is 12.1 Å². The molecule has 0 heterocycles. The van der Waals surface area contributed by atoms with E-state index in [1.54, 1.807) is 13.0 Å². The molecule has 0 spiro atoms. The minimum Gasteiger partial charge on any atom is -0.207 e. The Hall–Kier alpha value is -1.07. The summed E-state index contributed by atoms with van der Waals surface area (Å²) in [6.07, 6.45) is 0.0871. The third kappa shape index (κ3) is 1.75. The first kappa shape index (κ1) is 9.02. The Morgan fingerprint density at radius 3 is 2.83 bits per heavy atom. The first-order chi connectivity index (χ1) is 5.65. The van der Waals surface area contributed by atoms with E-state index in [1.165, 1.54) is 6.07 Å². The first-order valence-electron chi connectivity index (χ1n) is 3.46. The minimum atomic E-state index is -0.410. The molecule has 0 amide bonds. The van der Waals surface area contributed by atoms with Gasteiger partial charge in [0.2, 0.25) is 0 Å². The Balaban J connectivity index is 3.16. The maximum atomic E-state index is 13.0. The molecule has 0 saturated carbocycles. The molecule has 0 atom stereocenters. The molecule has 0 N–H and O–H groups in total. The average molecular weight is 184 g/mol. The molecule has 0 aliphatic heterocycles. The lowest BCUT2D eigenvalue weighted by atomic mass is 10.1. The molecule has 3 heteroatoms. The first-order valence-corrected chi connectivity index (χ1v) is 3.84. The van der Waals surface area contributed by atoms with Gasteiger partial charge in [0.25, 0.3) is 0 Å². The highest BCUT2D eigenvalue weighted by Crippen LogP contribution is 2.19. The summed E-state index contributed by atoms with van der Waals surface area (Å²) in [4.78, 5) is 0. The molecular weight excluding hydrogens is 177 g/mol. The van der Waals surface area contributed by atoms with Crippen LogP contribution in [0.5, 0.6) is 0 Å². The second kappa shape index (κ2) is 3.55. The molecule has 0 radical (unpaired) electrons. The Morgan fingerprint density at radius 2 is 2.25 bits per heavy atom. The largest absolute Gasteiger partial charge is 0.207 e. The number of hydrogen-bond acceptors (Lipinski definition) is 1. The molecule has 1 nitrogen and oxygen atoms in total. The number of benzene rings is 1. The van der Waals surface area contributed by atoms with Gasteiger partial charge in [-0.15, -0.1) is 0 Å². The molecule has 1 aromatic rings. The van der Waals surface area contributed by atoms with E-state index in [9.17, 15) is 4.39 Å². The van der Waals surface area contributed by atoms with Crippen LogP contribution in [-0.2, 0) is 6.42 Å². The van der Waals surface area contributed by atoms with Gasteiger partial charge in [-0.25, -0.2) is 4.39 Å². The predicted octanol–water partition coefficient (Wildman–Crippen LogP) is 2.85. The fourth-order valence-corrected chi connectivity index (χ4v) is 1.09. The zero-order valence-electron chi connectivity index (χ0n) is 6.56. The van der Waals surface area contributed by atoms with Crippen molar-refractivity contribution >= 4 is 11.6 Å². The van der Waals surface area contributed by atoms with Gasteiger partial charge >= 0.3 is 0 Å². The van der Waals surface area contributed by atoms with Crippen LogP contribution in [0.2, 0.25) is 5.02 Å². The van der Waals surface area contributed by atoms with Gasteiger partial charge in [-0.05, 0) is 18.6 Å². The summed E-state index contributed by atoms with van der Waals surface area (Å²) >= 11 is 5.66. The van der Waals surface area contributed by atoms with Crippen molar-refractivity contribution in [1.82, 2.24) is 0 Å². The molecule has 12 heavy (non-hydrogen) atoms. The molecule has 0 fully saturated rings. The summed E-state index contributed by atoms with van der Waals surface area (Å²) in [5.74, 6) is -0.410. The number of nitrogens with zero attached hydrogens (tertiary/aromatic N) is 1. The number of halogens is 2.